The van der Waals surface area contributed by atoms with Crippen LogP contribution < -0.4 is 11.3 Å². The minimum atomic E-state index is -0.0675. The maximum absolute atomic E-state index is 6.10. The zero-order chi connectivity index (χ0) is 12.0. The Morgan fingerprint density at radius 3 is 2.50 bits per heavy atom. The van der Waals surface area contributed by atoms with E-state index in [4.69, 9.17) is 29.0 Å². The van der Waals surface area contributed by atoms with Crippen molar-refractivity contribution < 1.29 is 0 Å². The van der Waals surface area contributed by atoms with Gasteiger partial charge < -0.3 is 0 Å². The third-order valence-electron chi connectivity index (χ3n) is 2.28. The molecule has 1 rings (SSSR count). The second-order valence-corrected chi connectivity index (χ2v) is 4.13. The first-order valence-corrected chi connectivity index (χ1v) is 5.76. The van der Waals surface area contributed by atoms with Crippen LogP contribution in [0.15, 0.2) is 18.2 Å². The van der Waals surface area contributed by atoms with Crippen LogP contribution in [-0.4, -0.2) is 0 Å². The summed E-state index contributed by atoms with van der Waals surface area (Å²) in [6.45, 7) is 1.81. The summed E-state index contributed by atoms with van der Waals surface area (Å²) in [6, 6.07) is 5.35. The van der Waals surface area contributed by atoms with E-state index in [2.05, 4.69) is 17.3 Å². The molecule has 0 radical (unpaired) electrons. The van der Waals surface area contributed by atoms with Crippen molar-refractivity contribution in [1.29, 1.82) is 0 Å². The molecule has 3 N–H and O–H groups in total. The average molecular weight is 257 g/mol. The molecule has 0 saturated carbocycles. The van der Waals surface area contributed by atoms with E-state index in [0.29, 0.717) is 10.0 Å². The van der Waals surface area contributed by atoms with Crippen LogP contribution in [0.4, 0.5) is 0 Å². The van der Waals surface area contributed by atoms with Crippen molar-refractivity contribution in [3.63, 3.8) is 0 Å². The number of nitrogens with one attached hydrogen (secondary N) is 1. The van der Waals surface area contributed by atoms with E-state index in [-0.39, 0.29) is 6.04 Å². The van der Waals surface area contributed by atoms with Gasteiger partial charge in [0.1, 0.15) is 0 Å². The van der Waals surface area contributed by atoms with E-state index in [1.165, 1.54) is 0 Å². The Morgan fingerprint density at radius 2 is 2.00 bits per heavy atom. The lowest BCUT2D eigenvalue weighted by molar-refractivity contribution is 0.524. The first-order chi connectivity index (χ1) is 7.70. The maximum Gasteiger partial charge on any atom is 0.0498 e. The number of hydrogen-bond acceptors (Lipinski definition) is 2. The van der Waals surface area contributed by atoms with E-state index in [9.17, 15) is 0 Å². The fourth-order valence-corrected chi connectivity index (χ4v) is 2.16. The van der Waals surface area contributed by atoms with Gasteiger partial charge in [-0.25, -0.2) is 0 Å². The highest BCUT2D eigenvalue weighted by atomic mass is 35.5. The molecule has 0 aliphatic rings. The van der Waals surface area contributed by atoms with Gasteiger partial charge in [0.25, 0.3) is 0 Å². The largest absolute Gasteiger partial charge is 0.271 e. The molecule has 1 aromatic carbocycles. The number of hydrogen-bond donors (Lipinski definition) is 2. The predicted octanol–water partition coefficient (Wildman–Crippen LogP) is 3.30. The molecule has 0 spiro atoms. The number of rotatable bonds is 4. The van der Waals surface area contributed by atoms with Gasteiger partial charge in [0.15, 0.2) is 0 Å². The highest BCUT2D eigenvalue weighted by molar-refractivity contribution is 6.36. The van der Waals surface area contributed by atoms with Crippen molar-refractivity contribution >= 4 is 23.2 Å². The number of hydrazine groups is 1. The van der Waals surface area contributed by atoms with Crippen molar-refractivity contribution in [2.24, 2.45) is 5.84 Å². The summed E-state index contributed by atoms with van der Waals surface area (Å²) in [5.41, 5.74) is 3.56. The molecule has 0 aliphatic heterocycles. The molecule has 0 heterocycles. The van der Waals surface area contributed by atoms with Crippen LogP contribution in [0.5, 0.6) is 0 Å². The summed E-state index contributed by atoms with van der Waals surface area (Å²) in [5.74, 6) is 11.3. The molecule has 2 nitrogen and oxygen atoms in total. The van der Waals surface area contributed by atoms with Crippen molar-refractivity contribution in [2.75, 3.05) is 0 Å². The molecule has 86 valence electrons. The van der Waals surface area contributed by atoms with Crippen LogP contribution in [0.1, 0.15) is 31.4 Å². The molecule has 1 unspecified atom stereocenters. The van der Waals surface area contributed by atoms with Gasteiger partial charge >= 0.3 is 0 Å². The normalized spacial score (nSPS) is 11.8. The Bertz CT molecular complexity index is 387. The van der Waals surface area contributed by atoms with E-state index in [1.807, 2.05) is 13.0 Å². The van der Waals surface area contributed by atoms with Gasteiger partial charge in [-0.1, -0.05) is 29.3 Å². The lowest BCUT2D eigenvalue weighted by Gasteiger charge is -2.17. The Morgan fingerprint density at radius 1 is 1.38 bits per heavy atom. The van der Waals surface area contributed by atoms with Crippen molar-refractivity contribution in [3.05, 3.63) is 33.8 Å². The molecular formula is C12H14Cl2N2. The first kappa shape index (κ1) is 13.3. The predicted molar refractivity (Wildman–Crippen MR) is 69.2 cm³/mol. The van der Waals surface area contributed by atoms with Crippen molar-refractivity contribution in [1.82, 2.24) is 5.43 Å². The summed E-state index contributed by atoms with van der Waals surface area (Å²) >= 11 is 12.2. The first-order valence-electron chi connectivity index (χ1n) is 5.00. The number of nitrogens with two attached hydrogens (primary N) is 1. The van der Waals surface area contributed by atoms with E-state index in [0.717, 1.165) is 18.4 Å². The second-order valence-electron chi connectivity index (χ2n) is 3.32. The van der Waals surface area contributed by atoms with Gasteiger partial charge in [-0.15, -0.1) is 11.8 Å². The van der Waals surface area contributed by atoms with Gasteiger partial charge in [-0.2, -0.15) is 0 Å². The summed E-state index contributed by atoms with van der Waals surface area (Å²) in [5, 5.41) is 1.25. The van der Waals surface area contributed by atoms with Crippen molar-refractivity contribution in [3.8, 4) is 11.8 Å². The molecule has 16 heavy (non-hydrogen) atoms. The van der Waals surface area contributed by atoms with Crippen LogP contribution in [0.25, 0.3) is 0 Å². The topological polar surface area (TPSA) is 38.0 Å². The zero-order valence-corrected chi connectivity index (χ0v) is 10.6. The average Bonchev–Trinajstić information content (AvgIpc) is 2.26. The standard InChI is InChI=1S/C12H14Cl2N2/c1-2-3-4-8-11(16-15)12-9(13)6-5-7-10(12)14/h5-7,11,16H,4,8,15H2,1H3. The quantitative estimate of drug-likeness (QED) is 0.493. The fraction of sp³-hybridized carbons (Fsp3) is 0.333. The summed E-state index contributed by atoms with van der Waals surface area (Å²) in [4.78, 5) is 0. The minimum absolute atomic E-state index is 0.0675. The summed E-state index contributed by atoms with van der Waals surface area (Å²) in [6.07, 6.45) is 1.54. The lowest BCUT2D eigenvalue weighted by Crippen LogP contribution is -2.28. The van der Waals surface area contributed by atoms with Gasteiger partial charge in [0.05, 0.1) is 0 Å². The molecule has 1 atom stereocenters. The van der Waals surface area contributed by atoms with Crippen LogP contribution in [0.3, 0.4) is 0 Å². The van der Waals surface area contributed by atoms with Crippen LogP contribution in [0, 0.1) is 11.8 Å². The van der Waals surface area contributed by atoms with Crippen LogP contribution >= 0.6 is 23.2 Å². The Hall–Kier alpha value is -0.720. The zero-order valence-electron chi connectivity index (χ0n) is 9.06. The molecule has 0 aliphatic carbocycles. The lowest BCUT2D eigenvalue weighted by atomic mass is 10.0. The summed E-state index contributed by atoms with van der Waals surface area (Å²) in [7, 11) is 0. The Balaban J connectivity index is 2.88. The number of benzene rings is 1. The molecule has 0 amide bonds. The monoisotopic (exact) mass is 256 g/mol. The van der Waals surface area contributed by atoms with Gasteiger partial charge in [-0.3, -0.25) is 11.3 Å². The van der Waals surface area contributed by atoms with Crippen LogP contribution in [-0.2, 0) is 0 Å². The number of halogens is 2. The molecule has 0 aromatic heterocycles. The molecule has 0 fully saturated rings. The highest BCUT2D eigenvalue weighted by Crippen LogP contribution is 2.31. The molecule has 1 aromatic rings. The highest BCUT2D eigenvalue weighted by Gasteiger charge is 2.15. The molecule has 0 saturated heterocycles. The fourth-order valence-electron chi connectivity index (χ4n) is 1.50. The minimum Gasteiger partial charge on any atom is -0.271 e. The van der Waals surface area contributed by atoms with E-state index in [1.54, 1.807) is 12.1 Å². The van der Waals surface area contributed by atoms with E-state index >= 15 is 0 Å². The summed E-state index contributed by atoms with van der Waals surface area (Å²) < 4.78 is 0. The van der Waals surface area contributed by atoms with Gasteiger partial charge in [0, 0.05) is 28.1 Å². The SMILES string of the molecule is CC#CCCC(NN)c1c(Cl)cccc1Cl. The smallest absolute Gasteiger partial charge is 0.0498 e. The molecular weight excluding hydrogens is 243 g/mol. The van der Waals surface area contributed by atoms with E-state index < -0.39 is 0 Å². The maximum atomic E-state index is 6.10. The van der Waals surface area contributed by atoms with Crippen molar-refractivity contribution in [2.45, 2.75) is 25.8 Å². The Kier molecular flexibility index (Phi) is 5.65. The molecule has 4 heteroatoms. The third kappa shape index (κ3) is 3.40. The van der Waals surface area contributed by atoms with Gasteiger partial charge in [0.2, 0.25) is 0 Å². The Labute approximate surface area is 106 Å². The molecule has 0 bridgehead atoms. The third-order valence-corrected chi connectivity index (χ3v) is 2.94. The van der Waals surface area contributed by atoms with Crippen LogP contribution in [0.2, 0.25) is 10.0 Å². The van der Waals surface area contributed by atoms with Gasteiger partial charge in [-0.05, 0) is 25.5 Å². The second kappa shape index (κ2) is 6.78.